The Bertz CT molecular complexity index is 435. The average molecular weight is 329 g/mol. The van der Waals surface area contributed by atoms with Crippen molar-refractivity contribution >= 4 is 21.6 Å². The van der Waals surface area contributed by atoms with Gasteiger partial charge in [-0.15, -0.1) is 0 Å². The Morgan fingerprint density at radius 2 is 2.11 bits per heavy atom. The molecule has 1 N–H and O–H groups in total. The number of nitro benzene ring substituents is 1. The molecule has 19 heavy (non-hydrogen) atoms. The van der Waals surface area contributed by atoms with Gasteiger partial charge in [0, 0.05) is 22.1 Å². The maximum atomic E-state index is 11.1. The molecule has 0 aromatic heterocycles. The van der Waals surface area contributed by atoms with Crippen molar-refractivity contribution in [3.8, 4) is 0 Å². The summed E-state index contributed by atoms with van der Waals surface area (Å²) in [5.74, 6) is 0.568. The van der Waals surface area contributed by atoms with Crippen LogP contribution in [0, 0.1) is 16.0 Å². The van der Waals surface area contributed by atoms with E-state index >= 15 is 0 Å². The Labute approximate surface area is 122 Å². The van der Waals surface area contributed by atoms with E-state index in [4.69, 9.17) is 0 Å². The second-order valence-electron chi connectivity index (χ2n) is 5.12. The molecule has 0 aliphatic carbocycles. The van der Waals surface area contributed by atoms with Crippen molar-refractivity contribution in [1.82, 2.24) is 5.32 Å². The molecule has 1 aromatic carbocycles. The molecule has 0 aliphatic rings. The molecule has 106 valence electrons. The third kappa shape index (κ3) is 5.28. The van der Waals surface area contributed by atoms with Crippen LogP contribution in [-0.2, 0) is 6.42 Å². The predicted octanol–water partition coefficient (Wildman–Crippen LogP) is 3.92. The Kier molecular flexibility index (Phi) is 6.45. The van der Waals surface area contributed by atoms with E-state index in [1.807, 2.05) is 12.1 Å². The van der Waals surface area contributed by atoms with Crippen LogP contribution in [0.25, 0.3) is 0 Å². The minimum absolute atomic E-state index is 0.195. The summed E-state index contributed by atoms with van der Waals surface area (Å²) in [6.07, 6.45) is 1.71. The molecule has 1 aromatic rings. The molecule has 5 heteroatoms. The summed E-state index contributed by atoms with van der Waals surface area (Å²) < 4.78 is 0.742. The molecule has 4 nitrogen and oxygen atoms in total. The van der Waals surface area contributed by atoms with Crippen LogP contribution in [0.5, 0.6) is 0 Å². The van der Waals surface area contributed by atoms with E-state index in [-0.39, 0.29) is 16.7 Å². The van der Waals surface area contributed by atoms with E-state index in [2.05, 4.69) is 42.0 Å². The Morgan fingerprint density at radius 3 is 2.63 bits per heavy atom. The third-order valence-electron chi connectivity index (χ3n) is 2.96. The summed E-state index contributed by atoms with van der Waals surface area (Å²) in [4.78, 5) is 10.8. The standard InChI is InChI=1S/C14H21BrN2O2/c1-4-16-13(7-10(2)3)8-11-5-6-12(15)9-14(11)17(18)19/h5-6,9-10,13,16H,4,7-8H2,1-3H3. The molecular weight excluding hydrogens is 308 g/mol. The molecular formula is C14H21BrN2O2. The number of nitrogens with one attached hydrogen (secondary N) is 1. The highest BCUT2D eigenvalue weighted by atomic mass is 79.9. The lowest BCUT2D eigenvalue weighted by Crippen LogP contribution is -2.32. The van der Waals surface area contributed by atoms with Gasteiger partial charge >= 0.3 is 0 Å². The number of hydrogen-bond donors (Lipinski definition) is 1. The summed E-state index contributed by atoms with van der Waals surface area (Å²) >= 11 is 3.28. The van der Waals surface area contributed by atoms with Gasteiger partial charge in [0.15, 0.2) is 0 Å². The highest BCUT2D eigenvalue weighted by Gasteiger charge is 2.18. The zero-order chi connectivity index (χ0) is 14.4. The number of halogens is 1. The van der Waals surface area contributed by atoms with Crippen molar-refractivity contribution in [2.45, 2.75) is 39.7 Å². The highest BCUT2D eigenvalue weighted by molar-refractivity contribution is 9.10. The van der Waals surface area contributed by atoms with Crippen molar-refractivity contribution < 1.29 is 4.92 Å². The second-order valence-corrected chi connectivity index (χ2v) is 6.03. The first-order chi connectivity index (χ1) is 8.93. The van der Waals surface area contributed by atoms with Gasteiger partial charge in [0.25, 0.3) is 5.69 Å². The fourth-order valence-electron chi connectivity index (χ4n) is 2.24. The summed E-state index contributed by atoms with van der Waals surface area (Å²) in [7, 11) is 0. The van der Waals surface area contributed by atoms with Gasteiger partial charge in [-0.2, -0.15) is 0 Å². The van der Waals surface area contributed by atoms with Gasteiger partial charge in [-0.1, -0.05) is 42.8 Å². The summed E-state index contributed by atoms with van der Waals surface area (Å²) in [5, 5.41) is 14.5. The summed E-state index contributed by atoms with van der Waals surface area (Å²) in [6, 6.07) is 5.56. The lowest BCUT2D eigenvalue weighted by atomic mass is 9.96. The molecule has 0 amide bonds. The van der Waals surface area contributed by atoms with E-state index in [1.165, 1.54) is 0 Å². The van der Waals surface area contributed by atoms with E-state index in [0.29, 0.717) is 12.3 Å². The van der Waals surface area contributed by atoms with Crippen molar-refractivity contribution in [2.75, 3.05) is 6.54 Å². The molecule has 0 spiro atoms. The molecule has 1 rings (SSSR count). The number of rotatable bonds is 7. The average Bonchev–Trinajstić information content (AvgIpc) is 2.30. The molecule has 0 radical (unpaired) electrons. The normalized spacial score (nSPS) is 12.7. The lowest BCUT2D eigenvalue weighted by Gasteiger charge is -2.20. The second kappa shape index (κ2) is 7.60. The fraction of sp³-hybridized carbons (Fsp3) is 0.571. The van der Waals surface area contributed by atoms with Crippen molar-refractivity contribution in [1.29, 1.82) is 0 Å². The largest absolute Gasteiger partial charge is 0.314 e. The van der Waals surface area contributed by atoms with Crippen molar-refractivity contribution in [2.24, 2.45) is 5.92 Å². The highest BCUT2D eigenvalue weighted by Crippen LogP contribution is 2.25. The molecule has 0 fully saturated rings. The molecule has 1 unspecified atom stereocenters. The van der Waals surface area contributed by atoms with Crippen LogP contribution in [-0.4, -0.2) is 17.5 Å². The fourth-order valence-corrected chi connectivity index (χ4v) is 2.59. The number of hydrogen-bond acceptors (Lipinski definition) is 3. The van der Waals surface area contributed by atoms with Gasteiger partial charge in [0.2, 0.25) is 0 Å². The van der Waals surface area contributed by atoms with Crippen LogP contribution in [0.4, 0.5) is 5.69 Å². The number of likely N-dealkylation sites (N-methyl/N-ethyl adjacent to an activating group) is 1. The topological polar surface area (TPSA) is 55.2 Å². The first-order valence-corrected chi connectivity index (χ1v) is 7.39. The minimum Gasteiger partial charge on any atom is -0.314 e. The Morgan fingerprint density at radius 1 is 1.42 bits per heavy atom. The van der Waals surface area contributed by atoms with Gasteiger partial charge in [0.1, 0.15) is 0 Å². The van der Waals surface area contributed by atoms with Crippen LogP contribution in [0.2, 0.25) is 0 Å². The third-order valence-corrected chi connectivity index (χ3v) is 3.45. The van der Waals surface area contributed by atoms with Crippen molar-refractivity contribution in [3.05, 3.63) is 38.3 Å². The molecule has 0 bridgehead atoms. The molecule has 1 atom stereocenters. The van der Waals surface area contributed by atoms with Gasteiger partial charge in [-0.25, -0.2) is 0 Å². The summed E-state index contributed by atoms with van der Waals surface area (Å²) in [5.41, 5.74) is 0.987. The van der Waals surface area contributed by atoms with Gasteiger partial charge in [-0.05, 0) is 31.4 Å². The lowest BCUT2D eigenvalue weighted by molar-refractivity contribution is -0.385. The van der Waals surface area contributed by atoms with Gasteiger partial charge in [0.05, 0.1) is 4.92 Å². The van der Waals surface area contributed by atoms with Crippen LogP contribution < -0.4 is 5.32 Å². The Hall–Kier alpha value is -0.940. The maximum absolute atomic E-state index is 11.1. The van der Waals surface area contributed by atoms with Crippen LogP contribution in [0.15, 0.2) is 22.7 Å². The van der Waals surface area contributed by atoms with Crippen LogP contribution in [0.1, 0.15) is 32.8 Å². The van der Waals surface area contributed by atoms with Gasteiger partial charge in [-0.3, -0.25) is 10.1 Å². The van der Waals surface area contributed by atoms with E-state index in [0.717, 1.165) is 23.0 Å². The monoisotopic (exact) mass is 328 g/mol. The number of nitro groups is 1. The summed E-state index contributed by atoms with van der Waals surface area (Å²) in [6.45, 7) is 7.27. The first-order valence-electron chi connectivity index (χ1n) is 6.60. The Balaban J connectivity index is 2.91. The zero-order valence-electron chi connectivity index (χ0n) is 11.6. The predicted molar refractivity (Wildman–Crippen MR) is 81.4 cm³/mol. The molecule has 0 saturated heterocycles. The molecule has 0 aliphatic heterocycles. The maximum Gasteiger partial charge on any atom is 0.273 e. The number of benzene rings is 1. The van der Waals surface area contributed by atoms with E-state index in [9.17, 15) is 10.1 Å². The minimum atomic E-state index is -0.307. The first kappa shape index (κ1) is 16.1. The van der Waals surface area contributed by atoms with Crippen LogP contribution in [0.3, 0.4) is 0 Å². The smallest absolute Gasteiger partial charge is 0.273 e. The van der Waals surface area contributed by atoms with Crippen molar-refractivity contribution in [3.63, 3.8) is 0 Å². The molecule has 0 saturated carbocycles. The zero-order valence-corrected chi connectivity index (χ0v) is 13.2. The van der Waals surface area contributed by atoms with E-state index in [1.54, 1.807) is 6.07 Å². The van der Waals surface area contributed by atoms with Gasteiger partial charge < -0.3 is 5.32 Å². The van der Waals surface area contributed by atoms with E-state index < -0.39 is 0 Å². The molecule has 0 heterocycles. The quantitative estimate of drug-likeness (QED) is 0.609. The number of nitrogens with zero attached hydrogens (tertiary/aromatic N) is 1. The SMILES string of the molecule is CCNC(Cc1ccc(Br)cc1[N+](=O)[O-])CC(C)C. The van der Waals surface area contributed by atoms with Crippen LogP contribution >= 0.6 is 15.9 Å².